The standard InChI is InChI=1S/C23H25ClF3N7O3S/c1-13-10-14(12-37-13)20(35)34-21(29-11-15-4-5-16(24)38-15)30-19(31-34)17-18(23(25,26)27)33(9-6-28-17)22(36)32-7-2-3-8-32/h4-5,10,12,17-18,28H,2-3,6-9,11H2,1H3,(H,29,30,31). The number of urea groups is 1. The molecule has 0 aromatic carbocycles. The van der Waals surface area contributed by atoms with Gasteiger partial charge in [-0.1, -0.05) is 11.6 Å². The number of nitrogens with zero attached hydrogens (tertiary/aromatic N) is 5. The summed E-state index contributed by atoms with van der Waals surface area (Å²) in [6.45, 7) is 2.71. The van der Waals surface area contributed by atoms with Crippen LogP contribution in [0.4, 0.5) is 23.9 Å². The Bertz CT molecular complexity index is 1320. The molecule has 2 atom stereocenters. The fourth-order valence-electron chi connectivity index (χ4n) is 4.68. The molecule has 0 saturated carbocycles. The maximum Gasteiger partial charge on any atom is 0.410 e. The van der Waals surface area contributed by atoms with Gasteiger partial charge in [0.15, 0.2) is 11.9 Å². The van der Waals surface area contributed by atoms with Gasteiger partial charge in [-0.2, -0.15) is 22.8 Å². The summed E-state index contributed by atoms with van der Waals surface area (Å²) in [5.41, 5.74) is 0.163. The molecule has 2 amide bonds. The number of aromatic nitrogens is 3. The second-order valence-electron chi connectivity index (χ2n) is 9.10. The van der Waals surface area contributed by atoms with Crippen molar-refractivity contribution in [3.8, 4) is 0 Å². The van der Waals surface area contributed by atoms with Crippen LogP contribution >= 0.6 is 22.9 Å². The SMILES string of the molecule is Cc1cc(C(=O)n2nc(C3NCCN(C(=O)N4CCCC4)C3C(F)(F)F)nc2NCc2ccc(Cl)s2)co1. The summed E-state index contributed by atoms with van der Waals surface area (Å²) < 4.78 is 50.1. The van der Waals surface area contributed by atoms with Crippen LogP contribution in [-0.2, 0) is 6.54 Å². The van der Waals surface area contributed by atoms with Crippen LogP contribution in [0.2, 0.25) is 4.34 Å². The van der Waals surface area contributed by atoms with Crippen molar-refractivity contribution in [3.05, 3.63) is 50.8 Å². The fourth-order valence-corrected chi connectivity index (χ4v) is 5.71. The monoisotopic (exact) mass is 571 g/mol. The number of alkyl halides is 3. The highest BCUT2D eigenvalue weighted by molar-refractivity contribution is 7.16. The summed E-state index contributed by atoms with van der Waals surface area (Å²) in [6.07, 6.45) is -2.02. The number of rotatable bonds is 5. The Morgan fingerprint density at radius 1 is 1.26 bits per heavy atom. The Balaban J connectivity index is 1.49. The van der Waals surface area contributed by atoms with Crippen molar-refractivity contribution in [1.82, 2.24) is 29.9 Å². The molecular formula is C23H25ClF3N7O3S. The molecule has 204 valence electrons. The highest BCUT2D eigenvalue weighted by Crippen LogP contribution is 2.36. The maximum atomic E-state index is 14.5. The number of halogens is 4. The molecule has 0 radical (unpaired) electrons. The van der Waals surface area contributed by atoms with Gasteiger partial charge in [0.1, 0.15) is 12.0 Å². The van der Waals surface area contributed by atoms with Gasteiger partial charge in [0, 0.05) is 31.1 Å². The first-order chi connectivity index (χ1) is 18.1. The summed E-state index contributed by atoms with van der Waals surface area (Å²) in [5, 5.41) is 10.0. The molecule has 3 aromatic heterocycles. The first kappa shape index (κ1) is 26.5. The zero-order valence-corrected chi connectivity index (χ0v) is 21.9. The van der Waals surface area contributed by atoms with Crippen LogP contribution in [0.3, 0.4) is 0 Å². The lowest BCUT2D eigenvalue weighted by atomic mass is 10.0. The van der Waals surface area contributed by atoms with E-state index in [4.69, 9.17) is 16.0 Å². The molecule has 3 aromatic rings. The van der Waals surface area contributed by atoms with Gasteiger partial charge < -0.3 is 24.9 Å². The smallest absolute Gasteiger partial charge is 0.410 e. The number of furan rings is 1. The highest BCUT2D eigenvalue weighted by atomic mass is 35.5. The average Bonchev–Trinajstić information content (AvgIpc) is 3.68. The number of hydrogen-bond acceptors (Lipinski definition) is 8. The fraction of sp³-hybridized carbons (Fsp3) is 0.478. The van der Waals surface area contributed by atoms with E-state index in [2.05, 4.69) is 20.7 Å². The number of nitrogens with one attached hydrogen (secondary N) is 2. The van der Waals surface area contributed by atoms with Crippen molar-refractivity contribution < 1.29 is 27.2 Å². The molecule has 38 heavy (non-hydrogen) atoms. The molecule has 5 heterocycles. The van der Waals surface area contributed by atoms with E-state index in [9.17, 15) is 22.8 Å². The number of thiophene rings is 1. The Hall–Kier alpha value is -3.10. The molecule has 2 aliphatic rings. The number of piperazine rings is 1. The van der Waals surface area contributed by atoms with Crippen molar-refractivity contribution >= 4 is 40.8 Å². The van der Waals surface area contributed by atoms with Crippen LogP contribution in [0, 0.1) is 6.92 Å². The number of anilines is 1. The van der Waals surface area contributed by atoms with E-state index >= 15 is 0 Å². The van der Waals surface area contributed by atoms with E-state index < -0.39 is 30.2 Å². The minimum atomic E-state index is -4.77. The van der Waals surface area contributed by atoms with Gasteiger partial charge in [0.05, 0.1) is 22.5 Å². The number of aryl methyl sites for hydroxylation is 1. The van der Waals surface area contributed by atoms with Gasteiger partial charge in [0.2, 0.25) is 5.95 Å². The van der Waals surface area contributed by atoms with Gasteiger partial charge in [0.25, 0.3) is 5.91 Å². The molecule has 2 fully saturated rings. The summed E-state index contributed by atoms with van der Waals surface area (Å²) in [7, 11) is 0. The van der Waals surface area contributed by atoms with Gasteiger partial charge in [-0.15, -0.1) is 16.4 Å². The number of carbonyl (C=O) groups is 2. The lowest BCUT2D eigenvalue weighted by Crippen LogP contribution is -2.63. The van der Waals surface area contributed by atoms with E-state index in [1.54, 1.807) is 19.1 Å². The van der Waals surface area contributed by atoms with Crippen molar-refractivity contribution in [2.24, 2.45) is 0 Å². The van der Waals surface area contributed by atoms with Crippen LogP contribution in [0.15, 0.2) is 28.9 Å². The van der Waals surface area contributed by atoms with E-state index in [0.717, 1.165) is 27.3 Å². The highest BCUT2D eigenvalue weighted by Gasteiger charge is 2.54. The molecule has 2 saturated heterocycles. The quantitative estimate of drug-likeness (QED) is 0.470. The molecule has 2 N–H and O–H groups in total. The second kappa shape index (κ2) is 10.6. The Morgan fingerprint density at radius 3 is 2.66 bits per heavy atom. The van der Waals surface area contributed by atoms with Gasteiger partial charge >= 0.3 is 12.2 Å². The molecule has 0 bridgehead atoms. The first-order valence-corrected chi connectivity index (χ1v) is 13.2. The predicted octanol–water partition coefficient (Wildman–Crippen LogP) is 4.29. The minimum absolute atomic E-state index is 0.0425. The van der Waals surface area contributed by atoms with Crippen molar-refractivity contribution in [2.45, 2.75) is 44.6 Å². The summed E-state index contributed by atoms with van der Waals surface area (Å²) in [6, 6.07) is 0.647. The molecule has 2 aliphatic heterocycles. The third-order valence-corrected chi connectivity index (χ3v) is 7.68. The Kier molecular flexibility index (Phi) is 7.38. The number of carbonyl (C=O) groups excluding carboxylic acids is 2. The maximum absolute atomic E-state index is 14.5. The third kappa shape index (κ3) is 5.38. The topological polar surface area (TPSA) is 109 Å². The largest absolute Gasteiger partial charge is 0.469 e. The Morgan fingerprint density at radius 2 is 2.03 bits per heavy atom. The lowest BCUT2D eigenvalue weighted by Gasteiger charge is -2.42. The zero-order valence-electron chi connectivity index (χ0n) is 20.3. The van der Waals surface area contributed by atoms with E-state index in [1.165, 1.54) is 28.6 Å². The molecule has 10 nitrogen and oxygen atoms in total. The molecule has 5 rings (SSSR count). The van der Waals surface area contributed by atoms with Crippen LogP contribution in [0.1, 0.15) is 45.7 Å². The predicted molar refractivity (Wildman–Crippen MR) is 133 cm³/mol. The van der Waals surface area contributed by atoms with E-state index in [1.807, 2.05) is 0 Å². The lowest BCUT2D eigenvalue weighted by molar-refractivity contribution is -0.191. The van der Waals surface area contributed by atoms with Crippen molar-refractivity contribution in [2.75, 3.05) is 31.5 Å². The summed E-state index contributed by atoms with van der Waals surface area (Å²) in [4.78, 5) is 33.7. The summed E-state index contributed by atoms with van der Waals surface area (Å²) >= 11 is 7.31. The summed E-state index contributed by atoms with van der Waals surface area (Å²) in [5.74, 6) is -0.444. The molecule has 15 heteroatoms. The molecule has 2 unspecified atom stereocenters. The van der Waals surface area contributed by atoms with Gasteiger partial charge in [-0.25, -0.2) is 4.79 Å². The number of likely N-dealkylation sites (tertiary alicyclic amines) is 1. The second-order valence-corrected chi connectivity index (χ2v) is 10.9. The Labute approximate surface area is 224 Å². The third-order valence-electron chi connectivity index (χ3n) is 6.45. The molecule has 0 spiro atoms. The van der Waals surface area contributed by atoms with Crippen molar-refractivity contribution in [1.29, 1.82) is 0 Å². The number of amides is 2. The number of hydrogen-bond donors (Lipinski definition) is 2. The molecular weight excluding hydrogens is 547 g/mol. The van der Waals surface area contributed by atoms with Gasteiger partial charge in [-0.3, -0.25) is 4.79 Å². The van der Waals surface area contributed by atoms with Crippen LogP contribution in [-0.4, -0.2) is 74.9 Å². The van der Waals surface area contributed by atoms with Crippen molar-refractivity contribution in [3.63, 3.8) is 0 Å². The average molecular weight is 572 g/mol. The van der Waals surface area contributed by atoms with Gasteiger partial charge in [-0.05, 0) is 38.0 Å². The van der Waals surface area contributed by atoms with Crippen LogP contribution < -0.4 is 10.6 Å². The minimum Gasteiger partial charge on any atom is -0.469 e. The van der Waals surface area contributed by atoms with E-state index in [-0.39, 0.29) is 37.0 Å². The van der Waals surface area contributed by atoms with E-state index in [0.29, 0.717) is 23.2 Å². The first-order valence-electron chi connectivity index (χ1n) is 12.0. The van der Waals surface area contributed by atoms with Crippen LogP contribution in [0.25, 0.3) is 0 Å². The normalized spacial score (nSPS) is 20.2. The molecule has 0 aliphatic carbocycles. The zero-order chi connectivity index (χ0) is 27.0. The van der Waals surface area contributed by atoms with Crippen LogP contribution in [0.5, 0.6) is 0 Å².